The molecule has 20 heteroatoms. The van der Waals surface area contributed by atoms with E-state index in [1.165, 1.54) is 24.7 Å². The van der Waals surface area contributed by atoms with E-state index in [0.29, 0.717) is 16.8 Å². The van der Waals surface area contributed by atoms with E-state index in [2.05, 4.69) is 41.5 Å². The molecule has 15 N–H and O–H groups in total. The van der Waals surface area contributed by atoms with Crippen molar-refractivity contribution < 1.29 is 44.1 Å². The first kappa shape index (κ1) is 42.8. The predicted molar refractivity (Wildman–Crippen MR) is 205 cm³/mol. The Morgan fingerprint density at radius 2 is 1.40 bits per heavy atom. The number of phenolic OH excluding ortho intramolecular Hbond substituents is 1. The Hall–Kier alpha value is -6.96. The molecular formula is C37H47N11O9. The number of aromatic nitrogens is 3. The van der Waals surface area contributed by atoms with Crippen molar-refractivity contribution in [1.82, 2.24) is 41.5 Å². The number of hydrogen-bond donors (Lipinski definition) is 13. The van der Waals surface area contributed by atoms with Gasteiger partial charge in [0.1, 0.15) is 29.9 Å². The Balaban J connectivity index is 1.59. The minimum absolute atomic E-state index is 0.0230. The lowest BCUT2D eigenvalue weighted by Gasteiger charge is -2.26. The molecule has 0 aliphatic rings. The molecule has 0 spiro atoms. The van der Waals surface area contributed by atoms with E-state index in [-0.39, 0.29) is 50.4 Å². The van der Waals surface area contributed by atoms with Gasteiger partial charge >= 0.3 is 11.9 Å². The fourth-order valence-electron chi connectivity index (χ4n) is 5.95. The maximum Gasteiger partial charge on any atom is 0.326 e. The second kappa shape index (κ2) is 20.6. The van der Waals surface area contributed by atoms with E-state index >= 15 is 0 Å². The zero-order valence-electron chi connectivity index (χ0n) is 30.8. The number of carboxylic acids is 2. The van der Waals surface area contributed by atoms with Gasteiger partial charge in [-0.3, -0.25) is 29.4 Å². The van der Waals surface area contributed by atoms with Crippen LogP contribution in [0.2, 0.25) is 0 Å². The van der Waals surface area contributed by atoms with Gasteiger partial charge in [-0.05, 0) is 55.0 Å². The van der Waals surface area contributed by atoms with Gasteiger partial charge in [0.2, 0.25) is 23.6 Å². The molecule has 0 fully saturated rings. The summed E-state index contributed by atoms with van der Waals surface area (Å²) in [5.74, 6) is -6.26. The van der Waals surface area contributed by atoms with Crippen molar-refractivity contribution in [2.45, 2.75) is 75.2 Å². The largest absolute Gasteiger partial charge is 0.508 e. The first-order valence-electron chi connectivity index (χ1n) is 18.0. The highest BCUT2D eigenvalue weighted by atomic mass is 16.4. The molecule has 20 nitrogen and oxygen atoms in total. The van der Waals surface area contributed by atoms with Crippen molar-refractivity contribution in [1.29, 1.82) is 5.41 Å². The predicted octanol–water partition coefficient (Wildman–Crippen LogP) is -0.896. The van der Waals surface area contributed by atoms with Crippen LogP contribution in [0.15, 0.2) is 67.3 Å². The average molecular weight is 790 g/mol. The van der Waals surface area contributed by atoms with E-state index in [1.54, 1.807) is 18.3 Å². The summed E-state index contributed by atoms with van der Waals surface area (Å²) in [6.45, 7) is 0.137. The molecule has 0 aliphatic heterocycles. The first-order chi connectivity index (χ1) is 27.2. The maximum atomic E-state index is 14.2. The molecule has 57 heavy (non-hydrogen) atoms. The molecular weight excluding hydrogens is 742 g/mol. The molecule has 0 saturated heterocycles. The maximum absolute atomic E-state index is 14.2. The molecule has 304 valence electrons. The number of nitrogens with one attached hydrogen (secondary N) is 8. The molecule has 4 aromatic rings. The molecule has 0 saturated carbocycles. The molecule has 0 radical (unpaired) electrons. The SMILES string of the molecule is N=C(N)NCCC[C@H](NC(=O)[C@H](Cc1c[nH]c2ccccc12)NC(=O)[C@@H](N)Cc1ccc(O)cc1)C(=O)N[C@@H](Cc1c[nH]cn1)C(=O)N[C@@H](CCC(=O)O)C(=O)O. The van der Waals surface area contributed by atoms with Crippen molar-refractivity contribution >= 4 is 52.4 Å². The number of H-pyrrole nitrogens is 2. The number of aromatic hydroxyl groups is 1. The highest BCUT2D eigenvalue weighted by Gasteiger charge is 2.33. The minimum Gasteiger partial charge on any atom is -0.508 e. The van der Waals surface area contributed by atoms with Gasteiger partial charge in [-0.2, -0.15) is 0 Å². The summed E-state index contributed by atoms with van der Waals surface area (Å²) in [4.78, 5) is 88.1. The third-order valence-electron chi connectivity index (χ3n) is 8.94. The smallest absolute Gasteiger partial charge is 0.326 e. The number of nitrogens with two attached hydrogens (primary N) is 2. The standard InChI is InChI=1S/C37H47N11O9/c38-25(14-20-7-9-23(49)10-8-20)32(52)47-29(15-21-17-43-26-5-2-1-4-24(21)26)34(54)45-27(6-3-13-42-37(39)40)33(53)48-30(16-22-18-41-19-44-22)35(55)46-28(36(56)57)11-12-31(50)51/h1-2,4-5,7-10,17-19,25,27-30,43,49H,3,6,11-16,38H2,(H,41,44)(H,45,54)(H,46,55)(H,47,52)(H,48,53)(H,50,51)(H,56,57)(H4,39,40,42)/t25-,27-,28-,29-,30-/m0/s1. The highest BCUT2D eigenvalue weighted by Crippen LogP contribution is 2.20. The fraction of sp³-hybridized carbons (Fsp3) is 0.351. The molecule has 5 atom stereocenters. The number of hydrogen-bond acceptors (Lipinski definition) is 10. The van der Waals surface area contributed by atoms with Crippen LogP contribution in [-0.4, -0.2) is 109 Å². The minimum atomic E-state index is -1.59. The number of para-hydroxylation sites is 1. The lowest BCUT2D eigenvalue weighted by molar-refractivity contribution is -0.143. The van der Waals surface area contributed by atoms with Crippen molar-refractivity contribution in [2.75, 3.05) is 6.54 Å². The van der Waals surface area contributed by atoms with Gasteiger partial charge in [-0.1, -0.05) is 30.3 Å². The topological polar surface area (TPSA) is 344 Å². The van der Waals surface area contributed by atoms with Crippen LogP contribution >= 0.6 is 0 Å². The first-order valence-corrected chi connectivity index (χ1v) is 18.0. The van der Waals surface area contributed by atoms with Crippen LogP contribution in [0.3, 0.4) is 0 Å². The number of carbonyl (C=O) groups is 6. The Morgan fingerprint density at radius 3 is 2.05 bits per heavy atom. The van der Waals surface area contributed by atoms with Gasteiger partial charge in [0, 0.05) is 49.1 Å². The van der Waals surface area contributed by atoms with Crippen LogP contribution in [-0.2, 0) is 48.0 Å². The average Bonchev–Trinajstić information content (AvgIpc) is 3.84. The van der Waals surface area contributed by atoms with E-state index in [9.17, 15) is 39.0 Å². The summed E-state index contributed by atoms with van der Waals surface area (Å²) >= 11 is 0. The Bertz CT molecular complexity index is 2020. The van der Waals surface area contributed by atoms with Crippen molar-refractivity contribution in [3.63, 3.8) is 0 Å². The third-order valence-corrected chi connectivity index (χ3v) is 8.94. The molecule has 2 heterocycles. The number of aliphatic carboxylic acids is 2. The van der Waals surface area contributed by atoms with Gasteiger partial charge in [-0.15, -0.1) is 0 Å². The summed E-state index contributed by atoms with van der Waals surface area (Å²) in [5.41, 5.74) is 14.1. The number of phenols is 1. The van der Waals surface area contributed by atoms with Crippen molar-refractivity contribution in [2.24, 2.45) is 11.5 Å². The number of fused-ring (bicyclic) bond motifs is 1. The van der Waals surface area contributed by atoms with Crippen LogP contribution in [0.25, 0.3) is 10.9 Å². The quantitative estimate of drug-likeness (QED) is 0.0261. The van der Waals surface area contributed by atoms with Crippen LogP contribution < -0.4 is 38.1 Å². The number of guanidine groups is 1. The van der Waals surface area contributed by atoms with Gasteiger partial charge in [0.15, 0.2) is 5.96 Å². The Labute approximate surface area is 326 Å². The number of carboxylic acid groups (broad SMARTS) is 2. The summed E-state index contributed by atoms with van der Waals surface area (Å²) in [5, 5.41) is 49.5. The number of rotatable bonds is 22. The van der Waals surface area contributed by atoms with Gasteiger partial charge in [0.05, 0.1) is 18.1 Å². The van der Waals surface area contributed by atoms with E-state index in [1.807, 2.05) is 24.3 Å². The van der Waals surface area contributed by atoms with Gasteiger partial charge < -0.3 is 63.3 Å². The van der Waals surface area contributed by atoms with Crippen molar-refractivity contribution in [3.05, 3.63) is 84.1 Å². The van der Waals surface area contributed by atoms with Crippen LogP contribution in [0.1, 0.15) is 42.5 Å². The lowest BCUT2D eigenvalue weighted by Crippen LogP contribution is -2.59. The molecule has 0 aliphatic carbocycles. The number of amides is 4. The van der Waals surface area contributed by atoms with Gasteiger partial charge in [-0.25, -0.2) is 9.78 Å². The monoisotopic (exact) mass is 789 g/mol. The zero-order valence-corrected chi connectivity index (χ0v) is 30.8. The molecule has 0 bridgehead atoms. The van der Waals surface area contributed by atoms with Crippen LogP contribution in [0.5, 0.6) is 5.75 Å². The Kier molecular flexibility index (Phi) is 15.5. The summed E-state index contributed by atoms with van der Waals surface area (Å²) in [6.07, 6.45) is 3.52. The molecule has 0 unspecified atom stereocenters. The lowest BCUT2D eigenvalue weighted by atomic mass is 10.0. The molecule has 2 aromatic heterocycles. The Morgan fingerprint density at radius 1 is 0.772 bits per heavy atom. The number of nitrogens with zero attached hydrogens (tertiary/aromatic N) is 1. The van der Waals surface area contributed by atoms with E-state index in [4.69, 9.17) is 22.0 Å². The van der Waals surface area contributed by atoms with Gasteiger partial charge in [0.25, 0.3) is 0 Å². The summed E-state index contributed by atoms with van der Waals surface area (Å²) < 4.78 is 0. The molecule has 4 amide bonds. The normalized spacial score (nSPS) is 13.6. The third kappa shape index (κ3) is 13.4. The number of aromatic amines is 2. The number of imidazole rings is 1. The van der Waals surface area contributed by atoms with Crippen LogP contribution in [0.4, 0.5) is 0 Å². The molecule has 2 aromatic carbocycles. The second-order valence-corrected chi connectivity index (χ2v) is 13.3. The summed E-state index contributed by atoms with van der Waals surface area (Å²) in [7, 11) is 0. The van der Waals surface area contributed by atoms with E-state index < -0.39 is 78.6 Å². The number of benzene rings is 2. The van der Waals surface area contributed by atoms with E-state index in [0.717, 1.165) is 10.9 Å². The number of carbonyl (C=O) groups excluding carboxylic acids is 4. The van der Waals surface area contributed by atoms with Crippen molar-refractivity contribution in [3.8, 4) is 5.75 Å². The van der Waals surface area contributed by atoms with Crippen LogP contribution in [0, 0.1) is 5.41 Å². The summed E-state index contributed by atoms with van der Waals surface area (Å²) in [6, 6.07) is 6.75. The fourth-order valence-corrected chi connectivity index (χ4v) is 5.95. The zero-order chi connectivity index (χ0) is 41.5. The second-order valence-electron chi connectivity index (χ2n) is 13.3. The highest BCUT2D eigenvalue weighted by molar-refractivity contribution is 5.96. The molecule has 4 rings (SSSR count).